The van der Waals surface area contributed by atoms with Crippen LogP contribution in [0.25, 0.3) is 5.65 Å². The van der Waals surface area contributed by atoms with Crippen molar-refractivity contribution in [3.8, 4) is 0 Å². The van der Waals surface area contributed by atoms with Gasteiger partial charge in [0.25, 0.3) is 5.91 Å². The number of amides is 1. The molecule has 3 rings (SSSR count). The predicted molar refractivity (Wildman–Crippen MR) is 86.2 cm³/mol. The molecule has 0 radical (unpaired) electrons. The summed E-state index contributed by atoms with van der Waals surface area (Å²) >= 11 is 0. The van der Waals surface area contributed by atoms with Crippen molar-refractivity contribution < 1.29 is 9.53 Å². The highest BCUT2D eigenvalue weighted by molar-refractivity contribution is 5.93. The number of methoxy groups -OCH3 is 1. The van der Waals surface area contributed by atoms with Crippen LogP contribution in [-0.4, -0.2) is 34.0 Å². The highest BCUT2D eigenvalue weighted by Crippen LogP contribution is 2.12. The third kappa shape index (κ3) is 3.37. The summed E-state index contributed by atoms with van der Waals surface area (Å²) < 4.78 is 7.03. The van der Waals surface area contributed by atoms with E-state index in [1.807, 2.05) is 47.9 Å². The molecular formula is C17H18N4O2. The van der Waals surface area contributed by atoms with Crippen molar-refractivity contribution in [1.29, 1.82) is 0 Å². The molecule has 1 amide bonds. The maximum atomic E-state index is 12.5. The number of rotatable bonds is 5. The van der Waals surface area contributed by atoms with Crippen molar-refractivity contribution in [1.82, 2.24) is 19.7 Å². The smallest absolute Gasteiger partial charge is 0.272 e. The average molecular weight is 310 g/mol. The van der Waals surface area contributed by atoms with Crippen molar-refractivity contribution in [3.05, 3.63) is 65.9 Å². The molecule has 3 heterocycles. The molecule has 1 N–H and O–H groups in total. The van der Waals surface area contributed by atoms with E-state index in [1.165, 1.54) is 0 Å². The molecule has 0 aliphatic rings. The van der Waals surface area contributed by atoms with Gasteiger partial charge in [-0.2, -0.15) is 0 Å². The Morgan fingerprint density at radius 2 is 2.17 bits per heavy atom. The standard InChI is InChI=1S/C17H18N4O2/c1-12-6-7-16-19-14(10-21(16)9-12)17(22)20-15(11-23-2)13-5-3-4-8-18-13/h3-10,15H,11H2,1-2H3,(H,20,22)/t15-/m1/s1. The Hall–Kier alpha value is -2.73. The Morgan fingerprint density at radius 3 is 2.91 bits per heavy atom. The number of aromatic nitrogens is 3. The van der Waals surface area contributed by atoms with Crippen LogP contribution >= 0.6 is 0 Å². The third-order valence-corrected chi connectivity index (χ3v) is 3.52. The molecule has 3 aromatic rings. The highest BCUT2D eigenvalue weighted by atomic mass is 16.5. The first-order chi connectivity index (χ1) is 11.2. The van der Waals surface area contributed by atoms with E-state index in [0.29, 0.717) is 12.3 Å². The van der Waals surface area contributed by atoms with Gasteiger partial charge in [-0.25, -0.2) is 4.98 Å². The van der Waals surface area contributed by atoms with Gasteiger partial charge in [0.2, 0.25) is 0 Å². The fraction of sp³-hybridized carbons (Fsp3) is 0.235. The van der Waals surface area contributed by atoms with Gasteiger partial charge < -0.3 is 14.5 Å². The van der Waals surface area contributed by atoms with Crippen LogP contribution < -0.4 is 5.32 Å². The van der Waals surface area contributed by atoms with E-state index in [0.717, 1.165) is 16.9 Å². The van der Waals surface area contributed by atoms with Crippen molar-refractivity contribution in [2.24, 2.45) is 0 Å². The topological polar surface area (TPSA) is 68.5 Å². The first kappa shape index (κ1) is 15.2. The lowest BCUT2D eigenvalue weighted by molar-refractivity contribution is 0.0890. The van der Waals surface area contributed by atoms with Crippen LogP contribution in [0.2, 0.25) is 0 Å². The lowest BCUT2D eigenvalue weighted by Crippen LogP contribution is -2.32. The number of carbonyl (C=O) groups is 1. The molecule has 6 nitrogen and oxygen atoms in total. The third-order valence-electron chi connectivity index (χ3n) is 3.52. The fourth-order valence-electron chi connectivity index (χ4n) is 2.39. The number of aryl methyl sites for hydroxylation is 1. The lowest BCUT2D eigenvalue weighted by Gasteiger charge is -2.16. The predicted octanol–water partition coefficient (Wildman–Crippen LogP) is 2.16. The van der Waals surface area contributed by atoms with E-state index < -0.39 is 0 Å². The molecule has 0 bridgehead atoms. The van der Waals surface area contributed by atoms with Gasteiger partial charge in [-0.1, -0.05) is 12.1 Å². The van der Waals surface area contributed by atoms with Gasteiger partial charge in [-0.05, 0) is 30.7 Å². The molecule has 1 atom stereocenters. The Balaban J connectivity index is 1.83. The summed E-state index contributed by atoms with van der Waals surface area (Å²) in [4.78, 5) is 21.1. The molecule has 3 aromatic heterocycles. The van der Waals surface area contributed by atoms with Gasteiger partial charge >= 0.3 is 0 Å². The summed E-state index contributed by atoms with van der Waals surface area (Å²) in [6.45, 7) is 2.34. The SMILES string of the molecule is COC[C@@H](NC(=O)c1cn2cc(C)ccc2n1)c1ccccn1. The minimum Gasteiger partial charge on any atom is -0.382 e. The van der Waals surface area contributed by atoms with Crippen LogP contribution in [0.4, 0.5) is 0 Å². The maximum Gasteiger partial charge on any atom is 0.272 e. The van der Waals surface area contributed by atoms with Gasteiger partial charge in [-0.15, -0.1) is 0 Å². The molecule has 0 saturated carbocycles. The number of nitrogens with zero attached hydrogens (tertiary/aromatic N) is 3. The number of imidazole rings is 1. The van der Waals surface area contributed by atoms with E-state index >= 15 is 0 Å². The number of fused-ring (bicyclic) bond motifs is 1. The number of nitrogens with one attached hydrogen (secondary N) is 1. The molecule has 0 spiro atoms. The van der Waals surface area contributed by atoms with Gasteiger partial charge in [0.1, 0.15) is 11.3 Å². The molecular weight excluding hydrogens is 292 g/mol. The molecule has 0 unspecified atom stereocenters. The molecule has 0 aliphatic carbocycles. The Labute approximate surface area is 134 Å². The summed E-state index contributed by atoms with van der Waals surface area (Å²) in [6, 6.07) is 9.10. The van der Waals surface area contributed by atoms with Crippen LogP contribution in [0, 0.1) is 6.92 Å². The molecule has 0 aliphatic heterocycles. The van der Waals surface area contributed by atoms with E-state index in [1.54, 1.807) is 19.5 Å². The first-order valence-electron chi connectivity index (χ1n) is 7.33. The minimum atomic E-state index is -0.319. The second-order valence-electron chi connectivity index (χ2n) is 5.33. The Bertz CT molecular complexity index is 814. The van der Waals surface area contributed by atoms with Crippen LogP contribution in [-0.2, 0) is 4.74 Å². The molecule has 6 heteroatoms. The average Bonchev–Trinajstić information content (AvgIpc) is 2.98. The number of pyridine rings is 2. The highest BCUT2D eigenvalue weighted by Gasteiger charge is 2.18. The maximum absolute atomic E-state index is 12.5. The van der Waals surface area contributed by atoms with Gasteiger partial charge in [0, 0.05) is 25.7 Å². The Kier molecular flexibility index (Phi) is 4.34. The summed E-state index contributed by atoms with van der Waals surface area (Å²) in [5, 5.41) is 2.92. The van der Waals surface area contributed by atoms with Crippen LogP contribution in [0.15, 0.2) is 48.9 Å². The van der Waals surface area contributed by atoms with Gasteiger partial charge in [-0.3, -0.25) is 9.78 Å². The van der Waals surface area contributed by atoms with Crippen LogP contribution in [0.1, 0.15) is 27.8 Å². The number of ether oxygens (including phenoxy) is 1. The second kappa shape index (κ2) is 6.58. The zero-order valence-corrected chi connectivity index (χ0v) is 13.1. The zero-order chi connectivity index (χ0) is 16.2. The summed E-state index contributed by atoms with van der Waals surface area (Å²) in [5.41, 5.74) is 2.96. The van der Waals surface area contributed by atoms with E-state index in [-0.39, 0.29) is 11.9 Å². The Morgan fingerprint density at radius 1 is 1.30 bits per heavy atom. The zero-order valence-electron chi connectivity index (χ0n) is 13.1. The first-order valence-corrected chi connectivity index (χ1v) is 7.33. The lowest BCUT2D eigenvalue weighted by atomic mass is 10.2. The number of hydrogen-bond donors (Lipinski definition) is 1. The monoisotopic (exact) mass is 310 g/mol. The normalized spacial score (nSPS) is 12.3. The molecule has 118 valence electrons. The summed E-state index contributed by atoms with van der Waals surface area (Å²) in [5.74, 6) is -0.251. The molecule has 0 aromatic carbocycles. The molecule has 23 heavy (non-hydrogen) atoms. The second-order valence-corrected chi connectivity index (χ2v) is 5.33. The fourth-order valence-corrected chi connectivity index (χ4v) is 2.39. The summed E-state index contributed by atoms with van der Waals surface area (Å²) in [6.07, 6.45) is 5.35. The van der Waals surface area contributed by atoms with Crippen molar-refractivity contribution >= 4 is 11.6 Å². The largest absolute Gasteiger partial charge is 0.382 e. The van der Waals surface area contributed by atoms with E-state index in [4.69, 9.17) is 4.74 Å². The van der Waals surface area contributed by atoms with Crippen LogP contribution in [0.5, 0.6) is 0 Å². The van der Waals surface area contributed by atoms with Crippen molar-refractivity contribution in [2.75, 3.05) is 13.7 Å². The number of carbonyl (C=O) groups excluding carboxylic acids is 1. The molecule has 0 fully saturated rings. The van der Waals surface area contributed by atoms with E-state index in [2.05, 4.69) is 15.3 Å². The van der Waals surface area contributed by atoms with Crippen LogP contribution in [0.3, 0.4) is 0 Å². The van der Waals surface area contributed by atoms with Gasteiger partial charge in [0.15, 0.2) is 0 Å². The molecule has 0 saturated heterocycles. The summed E-state index contributed by atoms with van der Waals surface area (Å²) in [7, 11) is 1.59. The quantitative estimate of drug-likeness (QED) is 0.784. The van der Waals surface area contributed by atoms with Crippen molar-refractivity contribution in [2.45, 2.75) is 13.0 Å². The minimum absolute atomic E-state index is 0.251. The van der Waals surface area contributed by atoms with Crippen molar-refractivity contribution in [3.63, 3.8) is 0 Å². The number of hydrogen-bond acceptors (Lipinski definition) is 4. The van der Waals surface area contributed by atoms with E-state index in [9.17, 15) is 4.79 Å². The van der Waals surface area contributed by atoms with Gasteiger partial charge in [0.05, 0.1) is 18.3 Å².